The number of para-hydroxylation sites is 1. The van der Waals surface area contributed by atoms with Gasteiger partial charge in [-0.1, -0.05) is 18.2 Å². The first-order valence-corrected chi connectivity index (χ1v) is 7.49. The Bertz CT molecular complexity index is 732. The van der Waals surface area contributed by atoms with Gasteiger partial charge in [-0.2, -0.15) is 0 Å². The number of carbonyl (C=O) groups is 2. The molecule has 0 bridgehead atoms. The van der Waals surface area contributed by atoms with E-state index < -0.39 is 18.4 Å². The van der Waals surface area contributed by atoms with E-state index >= 15 is 0 Å². The summed E-state index contributed by atoms with van der Waals surface area (Å²) in [4.78, 5) is 26.0. The van der Waals surface area contributed by atoms with Gasteiger partial charge in [-0.15, -0.1) is 0 Å². The normalized spacial score (nSPS) is 10.5. The SMILES string of the molecule is CC(C)N(C(=O)COC(=O)c1ccc(F)cc1N)c1ccccc1. The van der Waals surface area contributed by atoms with E-state index in [9.17, 15) is 14.0 Å². The number of rotatable bonds is 5. The number of hydrogen-bond donors (Lipinski definition) is 1. The molecule has 0 heterocycles. The lowest BCUT2D eigenvalue weighted by molar-refractivity contribution is -0.122. The third kappa shape index (κ3) is 4.10. The van der Waals surface area contributed by atoms with Gasteiger partial charge in [-0.3, -0.25) is 4.79 Å². The number of carbonyl (C=O) groups excluding carboxylic acids is 2. The van der Waals surface area contributed by atoms with Crippen LogP contribution in [0.2, 0.25) is 0 Å². The molecule has 2 aromatic carbocycles. The fourth-order valence-electron chi connectivity index (χ4n) is 2.31. The molecule has 0 aromatic heterocycles. The van der Waals surface area contributed by atoms with Crippen LogP contribution in [0, 0.1) is 5.82 Å². The quantitative estimate of drug-likeness (QED) is 0.676. The summed E-state index contributed by atoms with van der Waals surface area (Å²) in [5.74, 6) is -1.67. The van der Waals surface area contributed by atoms with Crippen LogP contribution in [-0.4, -0.2) is 24.5 Å². The van der Waals surface area contributed by atoms with Crippen molar-refractivity contribution in [3.8, 4) is 0 Å². The largest absolute Gasteiger partial charge is 0.452 e. The zero-order valence-corrected chi connectivity index (χ0v) is 13.5. The lowest BCUT2D eigenvalue weighted by atomic mass is 10.2. The number of amides is 1. The van der Waals surface area contributed by atoms with Crippen LogP contribution in [0.15, 0.2) is 48.5 Å². The van der Waals surface area contributed by atoms with Crippen molar-refractivity contribution in [2.45, 2.75) is 19.9 Å². The number of ether oxygens (including phenoxy) is 1. The molecule has 0 spiro atoms. The average molecular weight is 330 g/mol. The van der Waals surface area contributed by atoms with Crippen LogP contribution in [0.1, 0.15) is 24.2 Å². The van der Waals surface area contributed by atoms with Crippen molar-refractivity contribution in [2.75, 3.05) is 17.2 Å². The monoisotopic (exact) mass is 330 g/mol. The molecular formula is C18H19FN2O3. The average Bonchev–Trinajstić information content (AvgIpc) is 2.53. The number of nitrogens with zero attached hydrogens (tertiary/aromatic N) is 1. The highest BCUT2D eigenvalue weighted by molar-refractivity contribution is 5.99. The number of halogens is 1. The Balaban J connectivity index is 2.07. The van der Waals surface area contributed by atoms with Crippen molar-refractivity contribution in [2.24, 2.45) is 0 Å². The summed E-state index contributed by atoms with van der Waals surface area (Å²) >= 11 is 0. The van der Waals surface area contributed by atoms with Gasteiger partial charge in [0.15, 0.2) is 6.61 Å². The molecule has 2 N–H and O–H groups in total. The Kier molecular flexibility index (Phi) is 5.52. The van der Waals surface area contributed by atoms with Gasteiger partial charge in [0.25, 0.3) is 5.91 Å². The molecule has 0 fully saturated rings. The van der Waals surface area contributed by atoms with Gasteiger partial charge < -0.3 is 15.4 Å². The van der Waals surface area contributed by atoms with Gasteiger partial charge in [0.05, 0.1) is 5.56 Å². The predicted octanol–water partition coefficient (Wildman–Crippen LogP) is 3.01. The second kappa shape index (κ2) is 7.59. The zero-order chi connectivity index (χ0) is 17.7. The van der Waals surface area contributed by atoms with Crippen LogP contribution in [-0.2, 0) is 9.53 Å². The highest BCUT2D eigenvalue weighted by Gasteiger charge is 2.21. The third-order valence-electron chi connectivity index (χ3n) is 3.38. The molecule has 24 heavy (non-hydrogen) atoms. The van der Waals surface area contributed by atoms with Crippen LogP contribution >= 0.6 is 0 Å². The Morgan fingerprint density at radius 2 is 1.83 bits per heavy atom. The minimum atomic E-state index is -0.766. The summed E-state index contributed by atoms with van der Waals surface area (Å²) in [6.07, 6.45) is 0. The molecule has 126 valence electrons. The molecule has 5 nitrogen and oxygen atoms in total. The first kappa shape index (κ1) is 17.5. The lowest BCUT2D eigenvalue weighted by Crippen LogP contribution is -2.39. The highest BCUT2D eigenvalue weighted by atomic mass is 19.1. The Hall–Kier alpha value is -2.89. The molecule has 2 rings (SSSR count). The van der Waals surface area contributed by atoms with Crippen LogP contribution in [0.4, 0.5) is 15.8 Å². The van der Waals surface area contributed by atoms with Gasteiger partial charge >= 0.3 is 5.97 Å². The maximum Gasteiger partial charge on any atom is 0.340 e. The lowest BCUT2D eigenvalue weighted by Gasteiger charge is -2.26. The van der Waals surface area contributed by atoms with Gasteiger partial charge in [0, 0.05) is 17.4 Å². The minimum absolute atomic E-state index is 0.0278. The van der Waals surface area contributed by atoms with Crippen molar-refractivity contribution in [1.82, 2.24) is 0 Å². The zero-order valence-electron chi connectivity index (χ0n) is 13.5. The van der Waals surface area contributed by atoms with Crippen LogP contribution in [0.5, 0.6) is 0 Å². The second-order valence-electron chi connectivity index (χ2n) is 5.50. The number of anilines is 2. The molecule has 0 unspecified atom stereocenters. The van der Waals surface area contributed by atoms with Crippen LogP contribution in [0.25, 0.3) is 0 Å². The Labute approximate surface area is 139 Å². The molecule has 0 aliphatic carbocycles. The van der Waals surface area contributed by atoms with Gasteiger partial charge in [-0.25, -0.2) is 9.18 Å². The fourth-order valence-corrected chi connectivity index (χ4v) is 2.31. The van der Waals surface area contributed by atoms with Crippen molar-refractivity contribution in [3.63, 3.8) is 0 Å². The van der Waals surface area contributed by atoms with Crippen LogP contribution < -0.4 is 10.6 Å². The van der Waals surface area contributed by atoms with E-state index in [2.05, 4.69) is 0 Å². The van der Waals surface area contributed by atoms with E-state index in [0.717, 1.165) is 17.8 Å². The smallest absolute Gasteiger partial charge is 0.340 e. The molecule has 0 saturated carbocycles. The molecule has 0 aliphatic rings. The first-order chi connectivity index (χ1) is 11.4. The highest BCUT2D eigenvalue weighted by Crippen LogP contribution is 2.18. The fraction of sp³-hybridized carbons (Fsp3) is 0.222. The Morgan fingerprint density at radius 1 is 1.17 bits per heavy atom. The van der Waals surface area contributed by atoms with Gasteiger partial charge in [-0.05, 0) is 44.2 Å². The summed E-state index contributed by atoms with van der Waals surface area (Å²) in [6.45, 7) is 3.30. The molecular weight excluding hydrogens is 311 g/mol. The summed E-state index contributed by atoms with van der Waals surface area (Å²) < 4.78 is 18.0. The minimum Gasteiger partial charge on any atom is -0.452 e. The summed E-state index contributed by atoms with van der Waals surface area (Å²) in [7, 11) is 0. The molecule has 2 aromatic rings. The third-order valence-corrected chi connectivity index (χ3v) is 3.38. The van der Waals surface area contributed by atoms with Crippen molar-refractivity contribution < 1.29 is 18.7 Å². The van der Waals surface area contributed by atoms with Gasteiger partial charge in [0.1, 0.15) is 5.82 Å². The van der Waals surface area contributed by atoms with E-state index in [-0.39, 0.29) is 23.2 Å². The Morgan fingerprint density at radius 3 is 2.42 bits per heavy atom. The van der Waals surface area contributed by atoms with E-state index in [1.54, 1.807) is 17.0 Å². The summed E-state index contributed by atoms with van der Waals surface area (Å²) in [5.41, 5.74) is 6.31. The van der Waals surface area contributed by atoms with Crippen molar-refractivity contribution in [1.29, 1.82) is 0 Å². The number of esters is 1. The van der Waals surface area contributed by atoms with E-state index in [0.29, 0.717) is 0 Å². The van der Waals surface area contributed by atoms with E-state index in [1.807, 2.05) is 32.0 Å². The number of nitrogens with two attached hydrogens (primary N) is 1. The molecule has 0 saturated heterocycles. The summed E-state index contributed by atoms with van der Waals surface area (Å²) in [6, 6.07) is 12.4. The predicted molar refractivity (Wildman–Crippen MR) is 90.2 cm³/mol. The number of nitrogen functional groups attached to an aromatic ring is 1. The van der Waals surface area contributed by atoms with Crippen molar-refractivity contribution >= 4 is 23.3 Å². The molecule has 0 atom stereocenters. The number of benzene rings is 2. The molecule has 6 heteroatoms. The second-order valence-corrected chi connectivity index (χ2v) is 5.50. The molecule has 0 radical (unpaired) electrons. The topological polar surface area (TPSA) is 72.6 Å². The molecule has 0 aliphatic heterocycles. The summed E-state index contributed by atoms with van der Waals surface area (Å²) in [5, 5.41) is 0. The van der Waals surface area contributed by atoms with Crippen LogP contribution in [0.3, 0.4) is 0 Å². The maximum absolute atomic E-state index is 13.0. The number of hydrogen-bond acceptors (Lipinski definition) is 4. The first-order valence-electron chi connectivity index (χ1n) is 7.49. The van der Waals surface area contributed by atoms with E-state index in [1.165, 1.54) is 6.07 Å². The van der Waals surface area contributed by atoms with Gasteiger partial charge in [0.2, 0.25) is 0 Å². The molecule has 1 amide bonds. The van der Waals surface area contributed by atoms with E-state index in [4.69, 9.17) is 10.5 Å². The maximum atomic E-state index is 13.0. The van der Waals surface area contributed by atoms with Crippen molar-refractivity contribution in [3.05, 3.63) is 59.9 Å². The standard InChI is InChI=1S/C18H19FN2O3/c1-12(2)21(14-6-4-3-5-7-14)17(22)11-24-18(23)15-9-8-13(19)10-16(15)20/h3-10,12H,11,20H2,1-2H3.